The van der Waals surface area contributed by atoms with Crippen molar-refractivity contribution in [1.82, 2.24) is 10.6 Å². The van der Waals surface area contributed by atoms with Crippen LogP contribution < -0.4 is 10.6 Å². The predicted octanol–water partition coefficient (Wildman–Crippen LogP) is 2.63. The second kappa shape index (κ2) is 9.61. The Hall–Kier alpha value is -1.37. The molecule has 0 spiro atoms. The molecule has 3 N–H and O–H groups in total. The number of carbonyl (C=O) groups is 1. The van der Waals surface area contributed by atoms with Crippen LogP contribution in [0.2, 0.25) is 5.02 Å². The largest absolute Gasteiger partial charge is 0.387 e. The minimum atomic E-state index is -0.998. The Morgan fingerprint density at radius 3 is 2.77 bits per heavy atom. The molecule has 0 saturated heterocycles. The number of nitrogens with one attached hydrogen (secondary N) is 2. The van der Waals surface area contributed by atoms with Crippen molar-refractivity contribution in [2.75, 3.05) is 19.7 Å². The number of aliphatic hydroxyl groups is 1. The molecule has 0 aliphatic heterocycles. The molecule has 1 rings (SSSR count). The van der Waals surface area contributed by atoms with E-state index in [1.165, 1.54) is 12.1 Å². The fourth-order valence-electron chi connectivity index (χ4n) is 1.68. The lowest BCUT2D eigenvalue weighted by molar-refractivity contribution is 0.0774. The number of benzene rings is 1. The summed E-state index contributed by atoms with van der Waals surface area (Å²) < 4.78 is 18.6. The van der Waals surface area contributed by atoms with Gasteiger partial charge in [0.25, 0.3) is 0 Å². The lowest BCUT2D eigenvalue weighted by Crippen LogP contribution is -2.38. The molecule has 1 unspecified atom stereocenters. The molecule has 5 nitrogen and oxygen atoms in total. The fourth-order valence-corrected chi connectivity index (χ4v) is 1.80. The highest BCUT2D eigenvalue weighted by Gasteiger charge is 2.11. The molecule has 1 aromatic rings. The molecule has 1 aromatic carbocycles. The molecule has 0 radical (unpaired) electrons. The minimum Gasteiger partial charge on any atom is -0.387 e. The number of halogens is 2. The Bertz CT molecular complexity index is 486. The van der Waals surface area contributed by atoms with Crippen molar-refractivity contribution in [1.29, 1.82) is 0 Å². The Morgan fingerprint density at radius 2 is 2.14 bits per heavy atom. The highest BCUT2D eigenvalue weighted by atomic mass is 35.5. The number of hydrogen-bond acceptors (Lipinski definition) is 3. The molecular formula is C15H22ClFN2O3. The number of amides is 2. The first kappa shape index (κ1) is 18.7. The van der Waals surface area contributed by atoms with Gasteiger partial charge in [-0.05, 0) is 38.0 Å². The average Bonchev–Trinajstić information content (AvgIpc) is 2.47. The van der Waals surface area contributed by atoms with E-state index in [0.29, 0.717) is 25.1 Å². The Morgan fingerprint density at radius 1 is 1.41 bits per heavy atom. The predicted molar refractivity (Wildman–Crippen MR) is 83.5 cm³/mol. The van der Waals surface area contributed by atoms with E-state index in [0.717, 1.165) is 6.07 Å². The van der Waals surface area contributed by atoms with E-state index >= 15 is 0 Å². The Balaban J connectivity index is 2.24. The van der Waals surface area contributed by atoms with Crippen LogP contribution in [0, 0.1) is 5.82 Å². The molecule has 124 valence electrons. The molecule has 7 heteroatoms. The van der Waals surface area contributed by atoms with Gasteiger partial charge in [-0.1, -0.05) is 17.7 Å². The molecular weight excluding hydrogens is 311 g/mol. The quantitative estimate of drug-likeness (QED) is 0.641. The van der Waals surface area contributed by atoms with Crippen molar-refractivity contribution in [2.45, 2.75) is 32.5 Å². The monoisotopic (exact) mass is 332 g/mol. The third-order valence-electron chi connectivity index (χ3n) is 2.84. The van der Waals surface area contributed by atoms with E-state index in [2.05, 4.69) is 10.6 Å². The maximum absolute atomic E-state index is 13.3. The van der Waals surface area contributed by atoms with Gasteiger partial charge in [0, 0.05) is 19.7 Å². The Kier molecular flexibility index (Phi) is 8.16. The van der Waals surface area contributed by atoms with E-state index < -0.39 is 18.0 Å². The SMILES string of the molecule is CC(C)OCCCNC(=O)NCC(O)c1ccc(Cl)c(F)c1. The smallest absolute Gasteiger partial charge is 0.314 e. The van der Waals surface area contributed by atoms with Crippen molar-refractivity contribution in [3.05, 3.63) is 34.6 Å². The number of ether oxygens (including phenoxy) is 1. The van der Waals surface area contributed by atoms with Crippen LogP contribution in [-0.4, -0.2) is 36.9 Å². The summed E-state index contributed by atoms with van der Waals surface area (Å²) in [6, 6.07) is 3.64. The summed E-state index contributed by atoms with van der Waals surface area (Å²) in [6.07, 6.45) is -0.123. The van der Waals surface area contributed by atoms with Crippen LogP contribution in [0.1, 0.15) is 31.9 Å². The summed E-state index contributed by atoms with van der Waals surface area (Å²) in [5.41, 5.74) is 0.354. The van der Waals surface area contributed by atoms with Crippen molar-refractivity contribution in [3.63, 3.8) is 0 Å². The van der Waals surface area contributed by atoms with Gasteiger partial charge in [0.2, 0.25) is 0 Å². The number of hydrogen-bond donors (Lipinski definition) is 3. The first-order valence-corrected chi connectivity index (χ1v) is 7.54. The van der Waals surface area contributed by atoms with E-state index in [9.17, 15) is 14.3 Å². The second-order valence-corrected chi connectivity index (χ2v) is 5.51. The first-order valence-electron chi connectivity index (χ1n) is 7.16. The summed E-state index contributed by atoms with van der Waals surface area (Å²) in [5, 5.41) is 15.0. The molecule has 22 heavy (non-hydrogen) atoms. The third-order valence-corrected chi connectivity index (χ3v) is 3.15. The zero-order chi connectivity index (χ0) is 16.5. The van der Waals surface area contributed by atoms with Crippen LogP contribution in [0.25, 0.3) is 0 Å². The zero-order valence-electron chi connectivity index (χ0n) is 12.7. The highest BCUT2D eigenvalue weighted by Crippen LogP contribution is 2.19. The van der Waals surface area contributed by atoms with Gasteiger partial charge in [-0.2, -0.15) is 0 Å². The highest BCUT2D eigenvalue weighted by molar-refractivity contribution is 6.30. The topological polar surface area (TPSA) is 70.6 Å². The molecule has 0 aliphatic carbocycles. The number of urea groups is 1. The van der Waals surface area contributed by atoms with Gasteiger partial charge in [0.15, 0.2) is 0 Å². The maximum atomic E-state index is 13.3. The Labute approximate surface area is 134 Å². The van der Waals surface area contributed by atoms with Crippen molar-refractivity contribution >= 4 is 17.6 Å². The van der Waals surface area contributed by atoms with Gasteiger partial charge in [-0.25, -0.2) is 9.18 Å². The number of carbonyl (C=O) groups excluding carboxylic acids is 1. The van der Waals surface area contributed by atoms with E-state index in [1.54, 1.807) is 0 Å². The van der Waals surface area contributed by atoms with Crippen molar-refractivity contribution in [2.24, 2.45) is 0 Å². The third kappa shape index (κ3) is 7.06. The molecule has 0 heterocycles. The fraction of sp³-hybridized carbons (Fsp3) is 0.533. The van der Waals surface area contributed by atoms with Crippen LogP contribution in [0.5, 0.6) is 0 Å². The summed E-state index contributed by atoms with van der Waals surface area (Å²) in [7, 11) is 0. The number of rotatable bonds is 8. The van der Waals surface area contributed by atoms with Crippen LogP contribution in [-0.2, 0) is 4.74 Å². The van der Waals surface area contributed by atoms with Gasteiger partial charge in [-0.15, -0.1) is 0 Å². The van der Waals surface area contributed by atoms with Gasteiger partial charge in [0.05, 0.1) is 17.2 Å². The van der Waals surface area contributed by atoms with Crippen LogP contribution >= 0.6 is 11.6 Å². The van der Waals surface area contributed by atoms with E-state index in [-0.39, 0.29) is 17.7 Å². The van der Waals surface area contributed by atoms with Gasteiger partial charge < -0.3 is 20.5 Å². The number of aliphatic hydroxyl groups excluding tert-OH is 1. The second-order valence-electron chi connectivity index (χ2n) is 5.10. The standard InChI is InChI=1S/C15H22ClFN2O3/c1-10(2)22-7-3-6-18-15(21)19-9-14(20)11-4-5-12(16)13(17)8-11/h4-5,8,10,14,20H,3,6-7,9H2,1-2H3,(H2,18,19,21). The lowest BCUT2D eigenvalue weighted by Gasteiger charge is -2.13. The molecule has 0 aromatic heterocycles. The first-order chi connectivity index (χ1) is 10.4. The summed E-state index contributed by atoms with van der Waals surface area (Å²) >= 11 is 5.57. The molecule has 2 amide bonds. The van der Waals surface area contributed by atoms with Crippen LogP contribution in [0.3, 0.4) is 0 Å². The summed E-state index contributed by atoms with van der Waals surface area (Å²) in [4.78, 5) is 11.5. The van der Waals surface area contributed by atoms with E-state index in [1.807, 2.05) is 13.8 Å². The minimum absolute atomic E-state index is 0.00901. The molecule has 0 fully saturated rings. The van der Waals surface area contributed by atoms with Gasteiger partial charge >= 0.3 is 6.03 Å². The van der Waals surface area contributed by atoms with Crippen molar-refractivity contribution in [3.8, 4) is 0 Å². The van der Waals surface area contributed by atoms with Gasteiger partial charge in [-0.3, -0.25) is 0 Å². The van der Waals surface area contributed by atoms with Gasteiger partial charge in [0.1, 0.15) is 5.82 Å². The lowest BCUT2D eigenvalue weighted by atomic mass is 10.1. The molecule has 1 atom stereocenters. The maximum Gasteiger partial charge on any atom is 0.314 e. The van der Waals surface area contributed by atoms with Crippen LogP contribution in [0.15, 0.2) is 18.2 Å². The van der Waals surface area contributed by atoms with E-state index in [4.69, 9.17) is 16.3 Å². The average molecular weight is 333 g/mol. The molecule has 0 saturated carbocycles. The van der Waals surface area contributed by atoms with Crippen LogP contribution in [0.4, 0.5) is 9.18 Å². The molecule has 0 aliphatic rings. The van der Waals surface area contributed by atoms with Crippen molar-refractivity contribution < 1.29 is 19.0 Å². The molecule has 0 bridgehead atoms. The normalized spacial score (nSPS) is 12.3. The summed E-state index contributed by atoms with van der Waals surface area (Å²) in [6.45, 7) is 4.92. The zero-order valence-corrected chi connectivity index (χ0v) is 13.5. The summed E-state index contributed by atoms with van der Waals surface area (Å²) in [5.74, 6) is -0.604.